The third-order valence-corrected chi connectivity index (χ3v) is 4.82. The Balaban J connectivity index is 1.60. The van der Waals surface area contributed by atoms with E-state index in [4.69, 9.17) is 0 Å². The molecule has 0 saturated carbocycles. The zero-order valence-corrected chi connectivity index (χ0v) is 16.2. The molecule has 0 radical (unpaired) electrons. The molecule has 1 aliphatic rings. The van der Waals surface area contributed by atoms with E-state index in [-0.39, 0.29) is 18.2 Å². The lowest BCUT2D eigenvalue weighted by molar-refractivity contribution is -0.138. The van der Waals surface area contributed by atoms with Crippen molar-refractivity contribution in [3.05, 3.63) is 53.4 Å². The number of amides is 2. The molecule has 148 valence electrons. The fraction of sp³-hybridized carbons (Fsp3) is 0.400. The Morgan fingerprint density at radius 1 is 1.36 bits per heavy atom. The van der Waals surface area contributed by atoms with Crippen molar-refractivity contribution in [2.45, 2.75) is 25.9 Å². The van der Waals surface area contributed by atoms with Crippen molar-refractivity contribution >= 4 is 17.9 Å². The summed E-state index contributed by atoms with van der Waals surface area (Å²) in [6.45, 7) is 3.98. The van der Waals surface area contributed by atoms with Crippen LogP contribution in [0.25, 0.3) is 6.08 Å². The molecule has 1 unspecified atom stereocenters. The zero-order chi connectivity index (χ0) is 19.9. The Morgan fingerprint density at radius 3 is 2.86 bits per heavy atom. The number of nitrogens with one attached hydrogen (secondary N) is 1. The monoisotopic (exact) mass is 383 g/mol. The zero-order valence-electron chi connectivity index (χ0n) is 16.2. The Labute approximate surface area is 164 Å². The van der Waals surface area contributed by atoms with Crippen LogP contribution in [0.5, 0.6) is 0 Å². The van der Waals surface area contributed by atoms with Crippen molar-refractivity contribution in [2.24, 2.45) is 0 Å². The van der Waals surface area contributed by atoms with Crippen LogP contribution in [0, 0.1) is 6.92 Å². The minimum Gasteiger partial charge on any atom is -0.353 e. The van der Waals surface area contributed by atoms with Crippen molar-refractivity contribution in [1.29, 1.82) is 0 Å². The molecule has 0 bridgehead atoms. The van der Waals surface area contributed by atoms with Crippen LogP contribution in [0.2, 0.25) is 0 Å². The largest absolute Gasteiger partial charge is 0.353 e. The summed E-state index contributed by atoms with van der Waals surface area (Å²) in [6, 6.07) is 9.50. The average molecular weight is 383 g/mol. The first kappa shape index (κ1) is 19.8. The molecule has 1 aromatic carbocycles. The number of benzene rings is 1. The molecule has 8 heteroatoms. The number of aromatic nitrogens is 2. The second-order valence-corrected chi connectivity index (χ2v) is 6.87. The van der Waals surface area contributed by atoms with Gasteiger partial charge in [-0.15, -0.1) is 0 Å². The van der Waals surface area contributed by atoms with Gasteiger partial charge in [0, 0.05) is 26.7 Å². The summed E-state index contributed by atoms with van der Waals surface area (Å²) >= 11 is 0. The van der Waals surface area contributed by atoms with Gasteiger partial charge >= 0.3 is 0 Å². The molecule has 2 heterocycles. The maximum absolute atomic E-state index is 12.7. The molecule has 3 rings (SSSR count). The van der Waals surface area contributed by atoms with Gasteiger partial charge < -0.3 is 10.2 Å². The van der Waals surface area contributed by atoms with E-state index in [9.17, 15) is 9.59 Å². The van der Waals surface area contributed by atoms with E-state index < -0.39 is 6.04 Å². The van der Waals surface area contributed by atoms with Gasteiger partial charge in [0.2, 0.25) is 11.8 Å². The maximum Gasteiger partial charge on any atom is 0.237 e. The van der Waals surface area contributed by atoms with E-state index in [1.54, 1.807) is 18.9 Å². The molecule has 1 aliphatic heterocycles. The Morgan fingerprint density at radius 2 is 2.14 bits per heavy atom. The molecular weight excluding hydrogens is 358 g/mol. The lowest BCUT2D eigenvalue weighted by Crippen LogP contribution is -2.56. The fourth-order valence-corrected chi connectivity index (χ4v) is 3.12. The molecule has 1 aromatic heterocycles. The molecule has 0 aliphatic carbocycles. The molecule has 1 fully saturated rings. The summed E-state index contributed by atoms with van der Waals surface area (Å²) in [5.74, 6) is -0.234. The van der Waals surface area contributed by atoms with Gasteiger partial charge in [0.1, 0.15) is 11.4 Å². The van der Waals surface area contributed by atoms with Crippen molar-refractivity contribution < 1.29 is 14.2 Å². The maximum atomic E-state index is 12.7. The quantitative estimate of drug-likeness (QED) is 0.774. The molecule has 8 nitrogen and oxygen atoms in total. The Bertz CT molecular complexity index is 833. The van der Waals surface area contributed by atoms with Crippen molar-refractivity contribution in [1.82, 2.24) is 25.4 Å². The van der Waals surface area contributed by atoms with Crippen LogP contribution in [0.3, 0.4) is 0 Å². The van der Waals surface area contributed by atoms with Crippen molar-refractivity contribution in [3.8, 4) is 0 Å². The number of carbonyl (C=O) groups is 2. The van der Waals surface area contributed by atoms with Crippen LogP contribution >= 0.6 is 0 Å². The van der Waals surface area contributed by atoms with E-state index >= 15 is 0 Å². The van der Waals surface area contributed by atoms with Crippen LogP contribution in [-0.4, -0.2) is 64.7 Å². The van der Waals surface area contributed by atoms with E-state index in [0.29, 0.717) is 37.6 Å². The smallest absolute Gasteiger partial charge is 0.237 e. The van der Waals surface area contributed by atoms with Gasteiger partial charge in [0.05, 0.1) is 19.0 Å². The van der Waals surface area contributed by atoms with E-state index in [1.807, 2.05) is 47.4 Å². The number of aryl methyl sites for hydroxylation is 1. The van der Waals surface area contributed by atoms with Crippen LogP contribution in [0.4, 0.5) is 0 Å². The summed E-state index contributed by atoms with van der Waals surface area (Å²) in [7, 11) is 1.69. The van der Waals surface area contributed by atoms with Crippen LogP contribution in [-0.2, 0) is 16.1 Å². The highest BCUT2D eigenvalue weighted by Crippen LogP contribution is 2.13. The minimum absolute atomic E-state index is 0.111. The topological polar surface area (TPSA) is 91.6 Å². The normalized spacial score (nSPS) is 17.6. The predicted molar refractivity (Wildman–Crippen MR) is 104 cm³/mol. The summed E-state index contributed by atoms with van der Waals surface area (Å²) < 4.78 is 4.67. The summed E-state index contributed by atoms with van der Waals surface area (Å²) in [5, 5.41) is 10.4. The predicted octanol–water partition coefficient (Wildman–Crippen LogP) is 1.24. The highest BCUT2D eigenvalue weighted by molar-refractivity contribution is 5.88. The van der Waals surface area contributed by atoms with Crippen LogP contribution in [0.15, 0.2) is 41.0 Å². The molecule has 1 atom stereocenters. The Hall–Kier alpha value is -3.00. The highest BCUT2D eigenvalue weighted by atomic mass is 16.6. The summed E-state index contributed by atoms with van der Waals surface area (Å²) in [6.07, 6.45) is 4.17. The second-order valence-electron chi connectivity index (χ2n) is 6.87. The fourth-order valence-electron chi connectivity index (χ4n) is 3.12. The standard InChI is InChI=1S/C20H25N5O3/c1-15-17(23-28-22-15)14-24(2)19(26)13-18-20(27)21-10-12-25(18)11-6-9-16-7-4-3-5-8-16/h3-9,18H,10-14H2,1-2H3,(H,21,27)/b9-6+. The number of rotatable bonds is 7. The van der Waals surface area contributed by atoms with Gasteiger partial charge in [-0.3, -0.25) is 14.5 Å². The van der Waals surface area contributed by atoms with Gasteiger partial charge in [0.25, 0.3) is 0 Å². The number of carbonyl (C=O) groups excluding carboxylic acids is 2. The van der Waals surface area contributed by atoms with Crippen LogP contribution < -0.4 is 5.32 Å². The first-order chi connectivity index (χ1) is 13.5. The number of piperazine rings is 1. The molecule has 1 N–H and O–H groups in total. The number of nitrogens with zero attached hydrogens (tertiary/aromatic N) is 4. The average Bonchev–Trinajstić information content (AvgIpc) is 3.09. The van der Waals surface area contributed by atoms with Gasteiger partial charge in [-0.25, -0.2) is 4.63 Å². The molecule has 2 amide bonds. The van der Waals surface area contributed by atoms with E-state index in [1.165, 1.54) is 0 Å². The van der Waals surface area contributed by atoms with Crippen molar-refractivity contribution in [2.75, 3.05) is 26.7 Å². The van der Waals surface area contributed by atoms with Gasteiger partial charge in [-0.05, 0) is 12.5 Å². The molecule has 2 aromatic rings. The lowest BCUT2D eigenvalue weighted by Gasteiger charge is -2.34. The highest BCUT2D eigenvalue weighted by Gasteiger charge is 2.32. The second kappa shape index (κ2) is 9.27. The van der Waals surface area contributed by atoms with E-state index in [2.05, 4.69) is 20.3 Å². The van der Waals surface area contributed by atoms with E-state index in [0.717, 1.165) is 5.56 Å². The minimum atomic E-state index is -0.486. The summed E-state index contributed by atoms with van der Waals surface area (Å²) in [5.41, 5.74) is 2.38. The Kier molecular flexibility index (Phi) is 6.54. The lowest BCUT2D eigenvalue weighted by atomic mass is 10.1. The number of hydrogen-bond acceptors (Lipinski definition) is 6. The van der Waals surface area contributed by atoms with Gasteiger partial charge in [-0.1, -0.05) is 52.8 Å². The summed E-state index contributed by atoms with van der Waals surface area (Å²) in [4.78, 5) is 28.6. The third-order valence-electron chi connectivity index (χ3n) is 4.82. The van der Waals surface area contributed by atoms with Crippen molar-refractivity contribution in [3.63, 3.8) is 0 Å². The van der Waals surface area contributed by atoms with Gasteiger partial charge in [0.15, 0.2) is 0 Å². The first-order valence-corrected chi connectivity index (χ1v) is 9.30. The molecule has 0 spiro atoms. The molecule has 28 heavy (non-hydrogen) atoms. The van der Waals surface area contributed by atoms with Gasteiger partial charge in [-0.2, -0.15) is 0 Å². The number of hydrogen-bond donors (Lipinski definition) is 1. The first-order valence-electron chi connectivity index (χ1n) is 9.30. The van der Waals surface area contributed by atoms with Crippen LogP contribution in [0.1, 0.15) is 23.4 Å². The third kappa shape index (κ3) is 5.04. The molecular formula is C20H25N5O3. The SMILES string of the molecule is Cc1nonc1CN(C)C(=O)CC1C(=O)NCCN1C/C=C/c1ccccc1. The molecule has 1 saturated heterocycles.